The molecule has 0 aliphatic carbocycles. The van der Waals surface area contributed by atoms with Crippen molar-refractivity contribution in [3.05, 3.63) is 51.5 Å². The molecule has 0 spiro atoms. The highest BCUT2D eigenvalue weighted by Crippen LogP contribution is 2.16. The smallest absolute Gasteiger partial charge is 0.251 e. The molecule has 1 aliphatic rings. The quantitative estimate of drug-likeness (QED) is 0.797. The van der Waals surface area contributed by atoms with Crippen LogP contribution in [0.1, 0.15) is 45.9 Å². The lowest BCUT2D eigenvalue weighted by Gasteiger charge is -2.26. The van der Waals surface area contributed by atoms with Crippen molar-refractivity contribution in [2.24, 2.45) is 0 Å². The van der Waals surface area contributed by atoms with E-state index in [0.717, 1.165) is 23.0 Å². The van der Waals surface area contributed by atoms with E-state index in [0.29, 0.717) is 12.1 Å². The van der Waals surface area contributed by atoms with E-state index >= 15 is 0 Å². The van der Waals surface area contributed by atoms with E-state index < -0.39 is 0 Å². The zero-order valence-corrected chi connectivity index (χ0v) is 16.3. The molecule has 0 saturated carbocycles. The molecule has 1 saturated heterocycles. The molecule has 0 bridgehead atoms. The second-order valence-electron chi connectivity index (χ2n) is 6.38. The molecule has 25 heavy (non-hydrogen) atoms. The predicted molar refractivity (Wildman–Crippen MR) is 106 cm³/mol. The molecule has 3 rings (SSSR count). The minimum atomic E-state index is -0.0380. The number of thiazole rings is 1. The number of hydrogen-bond acceptors (Lipinski definition) is 5. The summed E-state index contributed by atoms with van der Waals surface area (Å²) in [4.78, 5) is 19.3. The molecule has 0 atom stereocenters. The summed E-state index contributed by atoms with van der Waals surface area (Å²) in [7, 11) is 0. The van der Waals surface area contributed by atoms with Gasteiger partial charge in [0, 0.05) is 23.2 Å². The van der Waals surface area contributed by atoms with Crippen molar-refractivity contribution < 1.29 is 4.79 Å². The van der Waals surface area contributed by atoms with Crippen LogP contribution in [0.4, 0.5) is 0 Å². The Morgan fingerprint density at radius 2 is 2.00 bits per heavy atom. The highest BCUT2D eigenvalue weighted by molar-refractivity contribution is 7.97. The van der Waals surface area contributed by atoms with Crippen molar-refractivity contribution in [2.45, 2.75) is 38.1 Å². The maximum atomic E-state index is 12.3. The van der Waals surface area contributed by atoms with Crippen molar-refractivity contribution in [3.63, 3.8) is 0 Å². The summed E-state index contributed by atoms with van der Waals surface area (Å²) in [5.41, 5.74) is 2.92. The van der Waals surface area contributed by atoms with Crippen LogP contribution in [-0.4, -0.2) is 35.1 Å². The maximum absolute atomic E-state index is 12.3. The monoisotopic (exact) mass is 375 g/mol. The number of thioether (sulfide) groups is 1. The molecule has 6 heteroatoms. The first-order chi connectivity index (χ1) is 12.2. The Bertz CT molecular complexity index is 678. The zero-order chi connectivity index (χ0) is 17.5. The standard InChI is InChI=1S/C19H25N3OS2/c1-24-14-18-21-17(13-25-18)11-20-19(23)16-7-5-15(6-8-16)12-22-9-3-2-4-10-22/h5-8,13H,2-4,9-12,14H2,1H3,(H,20,23). The van der Waals surface area contributed by atoms with Crippen LogP contribution in [0.25, 0.3) is 0 Å². The molecule has 1 aromatic heterocycles. The van der Waals surface area contributed by atoms with E-state index in [1.165, 1.54) is 37.9 Å². The molecule has 1 fully saturated rings. The number of piperidine rings is 1. The van der Waals surface area contributed by atoms with E-state index in [4.69, 9.17) is 0 Å². The van der Waals surface area contributed by atoms with Crippen LogP contribution in [0.2, 0.25) is 0 Å². The lowest BCUT2D eigenvalue weighted by Crippen LogP contribution is -2.29. The van der Waals surface area contributed by atoms with Gasteiger partial charge in [-0.25, -0.2) is 4.98 Å². The van der Waals surface area contributed by atoms with Gasteiger partial charge in [-0.15, -0.1) is 11.3 Å². The number of carbonyl (C=O) groups excluding carboxylic acids is 1. The Morgan fingerprint density at radius 3 is 2.72 bits per heavy atom. The predicted octanol–water partition coefficient (Wildman–Crippen LogP) is 3.92. The van der Waals surface area contributed by atoms with E-state index in [-0.39, 0.29) is 5.91 Å². The van der Waals surface area contributed by atoms with Crippen LogP contribution in [0.15, 0.2) is 29.6 Å². The molecule has 0 radical (unpaired) electrons. The number of nitrogens with one attached hydrogen (secondary N) is 1. The fourth-order valence-corrected chi connectivity index (χ4v) is 4.55. The molecule has 0 unspecified atom stereocenters. The van der Waals surface area contributed by atoms with Crippen molar-refractivity contribution in [3.8, 4) is 0 Å². The Labute approximate surface area is 158 Å². The van der Waals surface area contributed by atoms with Gasteiger partial charge in [0.05, 0.1) is 12.2 Å². The van der Waals surface area contributed by atoms with Gasteiger partial charge in [0.25, 0.3) is 5.91 Å². The highest BCUT2D eigenvalue weighted by Gasteiger charge is 2.11. The summed E-state index contributed by atoms with van der Waals surface area (Å²) >= 11 is 3.41. The van der Waals surface area contributed by atoms with Crippen molar-refractivity contribution in [1.82, 2.24) is 15.2 Å². The van der Waals surface area contributed by atoms with E-state index in [1.807, 2.05) is 17.5 Å². The number of hydrogen-bond donors (Lipinski definition) is 1. The van der Waals surface area contributed by atoms with Crippen molar-refractivity contribution in [1.29, 1.82) is 0 Å². The molecular weight excluding hydrogens is 350 g/mol. The fourth-order valence-electron chi connectivity index (χ4n) is 3.03. The third-order valence-electron chi connectivity index (χ3n) is 4.37. The largest absolute Gasteiger partial charge is 0.346 e. The van der Waals surface area contributed by atoms with E-state index in [2.05, 4.69) is 33.6 Å². The van der Waals surface area contributed by atoms with Gasteiger partial charge in [-0.2, -0.15) is 11.8 Å². The molecular formula is C19H25N3OS2. The van der Waals surface area contributed by atoms with Gasteiger partial charge in [0.1, 0.15) is 5.01 Å². The fraction of sp³-hybridized carbons (Fsp3) is 0.474. The second-order valence-corrected chi connectivity index (χ2v) is 8.19. The average Bonchev–Trinajstić information content (AvgIpc) is 3.09. The summed E-state index contributed by atoms with van der Waals surface area (Å²) in [5.74, 6) is 0.890. The second kappa shape index (κ2) is 9.36. The number of benzene rings is 1. The Kier molecular flexibility index (Phi) is 6.90. The Hall–Kier alpha value is -1.37. The molecule has 4 nitrogen and oxygen atoms in total. The minimum Gasteiger partial charge on any atom is -0.346 e. The number of rotatable bonds is 7. The summed E-state index contributed by atoms with van der Waals surface area (Å²) in [5, 5.41) is 6.09. The zero-order valence-electron chi connectivity index (χ0n) is 14.7. The van der Waals surface area contributed by atoms with Gasteiger partial charge in [-0.1, -0.05) is 18.6 Å². The molecule has 1 aliphatic heterocycles. The molecule has 1 aromatic carbocycles. The third kappa shape index (κ3) is 5.56. The molecule has 134 valence electrons. The Balaban J connectivity index is 1.49. The number of nitrogens with zero attached hydrogens (tertiary/aromatic N) is 2. The van der Waals surface area contributed by atoms with Gasteiger partial charge < -0.3 is 5.32 Å². The van der Waals surface area contributed by atoms with Crippen LogP contribution in [0.5, 0.6) is 0 Å². The molecule has 2 heterocycles. The lowest BCUT2D eigenvalue weighted by atomic mass is 10.1. The molecule has 1 amide bonds. The van der Waals surface area contributed by atoms with Crippen molar-refractivity contribution in [2.75, 3.05) is 19.3 Å². The lowest BCUT2D eigenvalue weighted by molar-refractivity contribution is 0.0950. The SMILES string of the molecule is CSCc1nc(CNC(=O)c2ccc(CN3CCCCC3)cc2)cs1. The molecule has 1 N–H and O–H groups in total. The maximum Gasteiger partial charge on any atom is 0.251 e. The summed E-state index contributed by atoms with van der Waals surface area (Å²) in [6.45, 7) is 3.85. The number of likely N-dealkylation sites (tertiary alicyclic amines) is 1. The van der Waals surface area contributed by atoms with E-state index in [1.54, 1.807) is 23.1 Å². The Morgan fingerprint density at radius 1 is 1.24 bits per heavy atom. The average molecular weight is 376 g/mol. The number of carbonyl (C=O) groups is 1. The van der Waals surface area contributed by atoms with Gasteiger partial charge in [0.2, 0.25) is 0 Å². The first kappa shape index (κ1) is 18.4. The molecule has 2 aromatic rings. The summed E-state index contributed by atoms with van der Waals surface area (Å²) in [6, 6.07) is 8.00. The number of amides is 1. The van der Waals surface area contributed by atoms with Crippen LogP contribution in [0, 0.1) is 0 Å². The van der Waals surface area contributed by atoms with Crippen molar-refractivity contribution >= 4 is 29.0 Å². The summed E-state index contributed by atoms with van der Waals surface area (Å²) < 4.78 is 0. The van der Waals surface area contributed by atoms with Crippen LogP contribution in [0.3, 0.4) is 0 Å². The minimum absolute atomic E-state index is 0.0380. The van der Waals surface area contributed by atoms with Crippen LogP contribution < -0.4 is 5.32 Å². The summed E-state index contributed by atoms with van der Waals surface area (Å²) in [6.07, 6.45) is 6.02. The van der Waals surface area contributed by atoms with E-state index in [9.17, 15) is 4.79 Å². The number of aromatic nitrogens is 1. The topological polar surface area (TPSA) is 45.2 Å². The first-order valence-corrected chi connectivity index (χ1v) is 11.0. The van der Waals surface area contributed by atoms with Crippen LogP contribution >= 0.6 is 23.1 Å². The van der Waals surface area contributed by atoms with Gasteiger partial charge in [-0.3, -0.25) is 9.69 Å². The highest BCUT2D eigenvalue weighted by atomic mass is 32.2. The first-order valence-electron chi connectivity index (χ1n) is 8.76. The normalized spacial score (nSPS) is 15.2. The third-order valence-corrected chi connectivity index (χ3v) is 6.01. The van der Waals surface area contributed by atoms with Gasteiger partial charge in [-0.05, 0) is 49.9 Å². The van der Waals surface area contributed by atoms with Gasteiger partial charge in [0.15, 0.2) is 0 Å². The van der Waals surface area contributed by atoms with Crippen LogP contribution in [-0.2, 0) is 18.8 Å². The van der Waals surface area contributed by atoms with Gasteiger partial charge >= 0.3 is 0 Å².